The van der Waals surface area contributed by atoms with Gasteiger partial charge in [-0.15, -0.1) is 0 Å². The summed E-state index contributed by atoms with van der Waals surface area (Å²) < 4.78 is 0. The Balaban J connectivity index is 1.97. The van der Waals surface area contributed by atoms with E-state index < -0.39 is 5.97 Å². The average Bonchev–Trinajstić information content (AvgIpc) is 2.89. The molecule has 0 saturated carbocycles. The first-order valence-electron chi connectivity index (χ1n) is 8.41. The molecule has 2 aromatic carbocycles. The third-order valence-electron chi connectivity index (χ3n) is 4.54. The number of carbonyl (C=O) groups excluding carboxylic acids is 1. The molecule has 4 nitrogen and oxygen atoms in total. The zero-order chi connectivity index (χ0) is 18.0. The molecule has 1 aliphatic heterocycles. The second kappa shape index (κ2) is 6.93. The Bertz CT molecular complexity index is 824. The van der Waals surface area contributed by atoms with Crippen LogP contribution < -0.4 is 0 Å². The Morgan fingerprint density at radius 1 is 1.12 bits per heavy atom. The van der Waals surface area contributed by atoms with E-state index in [9.17, 15) is 14.7 Å². The van der Waals surface area contributed by atoms with Gasteiger partial charge < -0.3 is 10.0 Å². The van der Waals surface area contributed by atoms with E-state index >= 15 is 0 Å². The summed E-state index contributed by atoms with van der Waals surface area (Å²) in [4.78, 5) is 26.2. The lowest BCUT2D eigenvalue weighted by Crippen LogP contribution is -2.34. The van der Waals surface area contributed by atoms with Gasteiger partial charge >= 0.3 is 5.97 Å². The minimum atomic E-state index is -0.958. The molecule has 4 heteroatoms. The van der Waals surface area contributed by atoms with Crippen molar-refractivity contribution in [3.05, 3.63) is 77.4 Å². The quantitative estimate of drug-likeness (QED) is 0.835. The normalized spacial score (nSPS) is 17.1. The van der Waals surface area contributed by atoms with E-state index in [1.54, 1.807) is 18.2 Å². The van der Waals surface area contributed by atoms with Crippen LogP contribution in [-0.4, -0.2) is 27.9 Å². The van der Waals surface area contributed by atoms with E-state index in [4.69, 9.17) is 0 Å². The van der Waals surface area contributed by atoms with Crippen molar-refractivity contribution in [2.24, 2.45) is 0 Å². The smallest absolute Gasteiger partial charge is 0.335 e. The van der Waals surface area contributed by atoms with Crippen molar-refractivity contribution < 1.29 is 14.7 Å². The number of rotatable bonds is 5. The summed E-state index contributed by atoms with van der Waals surface area (Å²) in [7, 11) is 0. The Kier molecular flexibility index (Phi) is 4.70. The summed E-state index contributed by atoms with van der Waals surface area (Å²) >= 11 is 0. The molecule has 0 bridgehead atoms. The fraction of sp³-hybridized carbons (Fsp3) is 0.238. The van der Waals surface area contributed by atoms with Crippen molar-refractivity contribution in [2.45, 2.75) is 32.4 Å². The fourth-order valence-electron chi connectivity index (χ4n) is 3.42. The Hall–Kier alpha value is -2.88. The Labute approximate surface area is 147 Å². The van der Waals surface area contributed by atoms with E-state index in [0.29, 0.717) is 17.5 Å². The number of fused-ring (bicyclic) bond motifs is 1. The number of benzene rings is 2. The van der Waals surface area contributed by atoms with Crippen LogP contribution in [0.3, 0.4) is 0 Å². The topological polar surface area (TPSA) is 57.6 Å². The summed E-state index contributed by atoms with van der Waals surface area (Å²) in [6.45, 7) is 3.96. The van der Waals surface area contributed by atoms with Crippen LogP contribution in [0.4, 0.5) is 0 Å². The SMILES string of the molecule is CC(C)N1C(=O)c2ccccc2C1C/C=C(/C(=O)O)c1ccccc1. The first-order valence-corrected chi connectivity index (χ1v) is 8.41. The Morgan fingerprint density at radius 3 is 2.40 bits per heavy atom. The molecule has 1 heterocycles. The van der Waals surface area contributed by atoms with Crippen LogP contribution in [-0.2, 0) is 4.79 Å². The molecule has 0 radical (unpaired) electrons. The highest BCUT2D eigenvalue weighted by atomic mass is 16.4. The van der Waals surface area contributed by atoms with Gasteiger partial charge in [-0.3, -0.25) is 4.79 Å². The van der Waals surface area contributed by atoms with Crippen LogP contribution in [0.1, 0.15) is 47.8 Å². The number of carboxylic acid groups (broad SMARTS) is 1. The molecule has 128 valence electrons. The molecule has 1 N–H and O–H groups in total. The zero-order valence-corrected chi connectivity index (χ0v) is 14.3. The predicted octanol–water partition coefficient (Wildman–Crippen LogP) is 4.15. The monoisotopic (exact) mass is 335 g/mol. The van der Waals surface area contributed by atoms with Crippen LogP contribution in [0.25, 0.3) is 5.57 Å². The molecule has 3 rings (SSSR count). The van der Waals surface area contributed by atoms with Gasteiger partial charge in [-0.05, 0) is 37.5 Å². The third kappa shape index (κ3) is 3.20. The summed E-state index contributed by atoms with van der Waals surface area (Å²) in [5.41, 5.74) is 2.62. The molecule has 0 saturated heterocycles. The number of nitrogens with zero attached hydrogens (tertiary/aromatic N) is 1. The van der Waals surface area contributed by atoms with E-state index in [2.05, 4.69) is 0 Å². The summed E-state index contributed by atoms with van der Waals surface area (Å²) in [6, 6.07) is 16.6. The first kappa shape index (κ1) is 17.0. The van der Waals surface area contributed by atoms with Crippen molar-refractivity contribution in [2.75, 3.05) is 0 Å². The molecule has 1 amide bonds. The number of amides is 1. The van der Waals surface area contributed by atoms with Crippen LogP contribution in [0, 0.1) is 0 Å². The van der Waals surface area contributed by atoms with Crippen LogP contribution in [0.5, 0.6) is 0 Å². The van der Waals surface area contributed by atoms with Crippen LogP contribution >= 0.6 is 0 Å². The predicted molar refractivity (Wildman–Crippen MR) is 97.2 cm³/mol. The van der Waals surface area contributed by atoms with Crippen LogP contribution in [0.2, 0.25) is 0 Å². The Morgan fingerprint density at radius 2 is 1.76 bits per heavy atom. The number of aliphatic carboxylic acids is 1. The number of carbonyl (C=O) groups is 2. The van der Waals surface area contributed by atoms with E-state index in [0.717, 1.165) is 5.56 Å². The number of hydrogen-bond donors (Lipinski definition) is 1. The molecular formula is C21H21NO3. The second-order valence-corrected chi connectivity index (χ2v) is 6.43. The average molecular weight is 335 g/mol. The number of hydrogen-bond acceptors (Lipinski definition) is 2. The maximum absolute atomic E-state index is 12.7. The lowest BCUT2D eigenvalue weighted by atomic mass is 9.98. The van der Waals surface area contributed by atoms with Crippen molar-refractivity contribution in [1.29, 1.82) is 0 Å². The van der Waals surface area contributed by atoms with Gasteiger partial charge in [-0.2, -0.15) is 0 Å². The molecule has 25 heavy (non-hydrogen) atoms. The standard InChI is InChI=1S/C21H21NO3/c1-14(2)22-19(17-10-6-7-11-18(17)20(22)23)13-12-16(21(24)25)15-8-4-3-5-9-15/h3-12,14,19H,13H2,1-2H3,(H,24,25)/b16-12+. The van der Waals surface area contributed by atoms with E-state index in [1.165, 1.54) is 0 Å². The molecule has 0 aromatic heterocycles. The van der Waals surface area contributed by atoms with Crippen molar-refractivity contribution in [3.8, 4) is 0 Å². The first-order chi connectivity index (χ1) is 12.0. The minimum absolute atomic E-state index is 0.0144. The summed E-state index contributed by atoms with van der Waals surface area (Å²) in [5.74, 6) is -0.944. The van der Waals surface area contributed by atoms with Crippen LogP contribution in [0.15, 0.2) is 60.7 Å². The molecule has 1 atom stereocenters. The van der Waals surface area contributed by atoms with Crippen molar-refractivity contribution in [1.82, 2.24) is 4.90 Å². The molecule has 1 aliphatic rings. The maximum Gasteiger partial charge on any atom is 0.335 e. The fourth-order valence-corrected chi connectivity index (χ4v) is 3.42. The van der Waals surface area contributed by atoms with Gasteiger partial charge in [0.2, 0.25) is 0 Å². The van der Waals surface area contributed by atoms with E-state index in [1.807, 2.05) is 61.2 Å². The van der Waals surface area contributed by atoms with Gasteiger partial charge in [0, 0.05) is 11.6 Å². The van der Waals surface area contributed by atoms with Gasteiger partial charge in [0.1, 0.15) is 0 Å². The molecule has 0 spiro atoms. The molecule has 0 aliphatic carbocycles. The number of carboxylic acids is 1. The zero-order valence-electron chi connectivity index (χ0n) is 14.3. The largest absolute Gasteiger partial charge is 0.478 e. The highest BCUT2D eigenvalue weighted by molar-refractivity contribution is 6.15. The summed E-state index contributed by atoms with van der Waals surface area (Å²) in [5, 5.41) is 9.57. The van der Waals surface area contributed by atoms with Gasteiger partial charge in [0.25, 0.3) is 5.91 Å². The lowest BCUT2D eigenvalue weighted by molar-refractivity contribution is -0.130. The maximum atomic E-state index is 12.7. The van der Waals surface area contributed by atoms with E-state index in [-0.39, 0.29) is 23.6 Å². The molecule has 2 aromatic rings. The second-order valence-electron chi connectivity index (χ2n) is 6.43. The van der Waals surface area contributed by atoms with Crippen molar-refractivity contribution in [3.63, 3.8) is 0 Å². The highest BCUT2D eigenvalue weighted by Gasteiger charge is 2.37. The van der Waals surface area contributed by atoms with Gasteiger partial charge in [0.15, 0.2) is 0 Å². The summed E-state index contributed by atoms with van der Waals surface area (Å²) in [6.07, 6.45) is 2.20. The highest BCUT2D eigenvalue weighted by Crippen LogP contribution is 2.38. The molecular weight excluding hydrogens is 314 g/mol. The molecule has 0 fully saturated rings. The molecule has 1 unspecified atom stereocenters. The third-order valence-corrected chi connectivity index (χ3v) is 4.54. The van der Waals surface area contributed by atoms with Gasteiger partial charge in [-0.25, -0.2) is 4.79 Å². The van der Waals surface area contributed by atoms with Gasteiger partial charge in [-0.1, -0.05) is 54.6 Å². The van der Waals surface area contributed by atoms with Crippen molar-refractivity contribution >= 4 is 17.4 Å². The minimum Gasteiger partial charge on any atom is -0.478 e. The lowest BCUT2D eigenvalue weighted by Gasteiger charge is -2.28. The van der Waals surface area contributed by atoms with Gasteiger partial charge in [0.05, 0.1) is 11.6 Å².